The predicted molar refractivity (Wildman–Crippen MR) is 120 cm³/mol. The molecule has 0 saturated heterocycles. The van der Waals surface area contributed by atoms with E-state index < -0.39 is 5.54 Å². The van der Waals surface area contributed by atoms with Gasteiger partial charge in [0.1, 0.15) is 5.54 Å². The maximum absolute atomic E-state index is 11.9. The van der Waals surface area contributed by atoms with Crippen LogP contribution in [0.3, 0.4) is 0 Å². The molecule has 5 heteroatoms. The van der Waals surface area contributed by atoms with Gasteiger partial charge in [-0.1, -0.05) is 91.0 Å². The average molecular weight is 399 g/mol. The van der Waals surface area contributed by atoms with Crippen LogP contribution >= 0.6 is 0 Å². The van der Waals surface area contributed by atoms with Gasteiger partial charge in [0.25, 0.3) is 0 Å². The summed E-state index contributed by atoms with van der Waals surface area (Å²) >= 11 is 0. The number of rotatable bonds is 5. The number of nitrogens with zero attached hydrogens (tertiary/aromatic N) is 3. The first kappa shape index (κ1) is 19.9. The zero-order valence-electron chi connectivity index (χ0n) is 17.1. The molecule has 1 heterocycles. The van der Waals surface area contributed by atoms with E-state index in [-0.39, 0.29) is 11.9 Å². The quantitative estimate of drug-likeness (QED) is 0.310. The minimum absolute atomic E-state index is 0.165. The van der Waals surface area contributed by atoms with E-state index in [2.05, 4.69) is 82.7 Å². The van der Waals surface area contributed by atoms with Crippen molar-refractivity contribution in [1.29, 1.82) is 0 Å². The summed E-state index contributed by atoms with van der Waals surface area (Å²) in [5.41, 5.74) is 2.77. The molecule has 30 heavy (non-hydrogen) atoms. The summed E-state index contributed by atoms with van der Waals surface area (Å²) in [7, 11) is 0. The molecule has 1 aliphatic heterocycles. The molecule has 3 aromatic rings. The van der Waals surface area contributed by atoms with Crippen LogP contribution in [-0.4, -0.2) is 41.3 Å². The van der Waals surface area contributed by atoms with Gasteiger partial charge in [-0.25, -0.2) is 5.84 Å². The van der Waals surface area contributed by atoms with E-state index >= 15 is 0 Å². The molecule has 1 unspecified atom stereocenters. The van der Waals surface area contributed by atoms with Gasteiger partial charge in [0.2, 0.25) is 5.91 Å². The van der Waals surface area contributed by atoms with Gasteiger partial charge in [-0.3, -0.25) is 14.8 Å². The molecule has 0 fully saturated rings. The zero-order chi connectivity index (χ0) is 21.0. The standard InChI is InChI=1S/C25H26N4O/c1-20(30)29(26)24-17-27-19-28(18-24)25(21-11-5-2-6-12-21,22-13-7-3-8-14-22)23-15-9-4-10-16-23/h2-16,19,24H,17-18,26H2,1H3. The van der Waals surface area contributed by atoms with Gasteiger partial charge >= 0.3 is 0 Å². The van der Waals surface area contributed by atoms with Gasteiger partial charge in [-0.2, -0.15) is 0 Å². The molecule has 2 N–H and O–H groups in total. The van der Waals surface area contributed by atoms with E-state index in [4.69, 9.17) is 5.84 Å². The number of hydrazine groups is 1. The molecule has 1 amide bonds. The first-order valence-corrected chi connectivity index (χ1v) is 10.1. The van der Waals surface area contributed by atoms with Crippen molar-refractivity contribution in [3.8, 4) is 0 Å². The zero-order valence-corrected chi connectivity index (χ0v) is 17.1. The normalized spacial score (nSPS) is 16.3. The fourth-order valence-corrected chi connectivity index (χ4v) is 4.29. The molecule has 1 aliphatic rings. The number of aliphatic imine (C=N–C) groups is 1. The highest BCUT2D eigenvalue weighted by Crippen LogP contribution is 2.42. The van der Waals surface area contributed by atoms with Gasteiger partial charge in [0, 0.05) is 13.5 Å². The van der Waals surface area contributed by atoms with Crippen LogP contribution in [0.2, 0.25) is 0 Å². The van der Waals surface area contributed by atoms with Gasteiger partial charge < -0.3 is 4.90 Å². The van der Waals surface area contributed by atoms with Crippen molar-refractivity contribution >= 4 is 12.2 Å². The van der Waals surface area contributed by atoms with Crippen LogP contribution in [0.15, 0.2) is 96.0 Å². The van der Waals surface area contributed by atoms with Gasteiger partial charge in [0.15, 0.2) is 0 Å². The predicted octanol–water partition coefficient (Wildman–Crippen LogP) is 3.41. The molecule has 0 saturated carbocycles. The Bertz CT molecular complexity index is 908. The largest absolute Gasteiger partial charge is 0.343 e. The van der Waals surface area contributed by atoms with Crippen molar-refractivity contribution in [3.05, 3.63) is 108 Å². The molecule has 0 aromatic heterocycles. The first-order valence-electron chi connectivity index (χ1n) is 10.1. The molecule has 4 rings (SSSR count). The minimum Gasteiger partial charge on any atom is -0.343 e. The van der Waals surface area contributed by atoms with E-state index in [9.17, 15) is 4.79 Å². The lowest BCUT2D eigenvalue weighted by Gasteiger charge is -2.48. The number of hydrogen-bond acceptors (Lipinski definition) is 4. The fourth-order valence-electron chi connectivity index (χ4n) is 4.29. The van der Waals surface area contributed by atoms with Crippen LogP contribution in [0.5, 0.6) is 0 Å². The Morgan fingerprint density at radius 1 is 0.900 bits per heavy atom. The van der Waals surface area contributed by atoms with Crippen molar-refractivity contribution < 1.29 is 4.79 Å². The Morgan fingerprint density at radius 3 is 1.73 bits per heavy atom. The van der Waals surface area contributed by atoms with Crippen LogP contribution in [0, 0.1) is 0 Å². The van der Waals surface area contributed by atoms with E-state index in [1.54, 1.807) is 0 Å². The highest BCUT2D eigenvalue weighted by molar-refractivity contribution is 5.73. The summed E-state index contributed by atoms with van der Waals surface area (Å²) in [4.78, 5) is 18.8. The summed E-state index contributed by atoms with van der Waals surface area (Å²) in [6, 6.07) is 31.0. The second kappa shape index (κ2) is 8.51. The van der Waals surface area contributed by atoms with E-state index in [1.807, 2.05) is 24.5 Å². The highest BCUT2D eigenvalue weighted by Gasteiger charge is 2.43. The van der Waals surface area contributed by atoms with E-state index in [0.29, 0.717) is 13.1 Å². The molecule has 0 radical (unpaired) electrons. The summed E-state index contributed by atoms with van der Waals surface area (Å²) in [6.07, 6.45) is 1.90. The number of carbonyl (C=O) groups is 1. The Labute approximate surface area is 177 Å². The fraction of sp³-hybridized carbons (Fsp3) is 0.200. The van der Waals surface area contributed by atoms with Crippen LogP contribution in [0.25, 0.3) is 0 Å². The second-order valence-corrected chi connectivity index (χ2v) is 7.52. The third kappa shape index (κ3) is 3.48. The van der Waals surface area contributed by atoms with Crippen molar-refractivity contribution in [2.24, 2.45) is 10.8 Å². The van der Waals surface area contributed by atoms with Crippen LogP contribution < -0.4 is 5.84 Å². The molecule has 0 aliphatic carbocycles. The topological polar surface area (TPSA) is 61.9 Å². The maximum Gasteiger partial charge on any atom is 0.233 e. The lowest BCUT2D eigenvalue weighted by atomic mass is 9.75. The van der Waals surface area contributed by atoms with E-state index in [0.717, 1.165) is 16.7 Å². The molecular weight excluding hydrogens is 372 g/mol. The number of nitrogens with two attached hydrogens (primary N) is 1. The van der Waals surface area contributed by atoms with Crippen LogP contribution in [0.1, 0.15) is 23.6 Å². The van der Waals surface area contributed by atoms with Crippen LogP contribution in [0.4, 0.5) is 0 Å². The van der Waals surface area contributed by atoms with Gasteiger partial charge in [0.05, 0.1) is 18.9 Å². The number of carbonyl (C=O) groups excluding carboxylic acids is 1. The van der Waals surface area contributed by atoms with Crippen molar-refractivity contribution in [2.45, 2.75) is 18.5 Å². The average Bonchev–Trinajstić information content (AvgIpc) is 2.81. The Kier molecular flexibility index (Phi) is 5.63. The molecule has 0 bridgehead atoms. The van der Waals surface area contributed by atoms with Crippen molar-refractivity contribution in [1.82, 2.24) is 9.91 Å². The monoisotopic (exact) mass is 398 g/mol. The number of hydrogen-bond donors (Lipinski definition) is 1. The lowest BCUT2D eigenvalue weighted by Crippen LogP contribution is -2.58. The summed E-state index contributed by atoms with van der Waals surface area (Å²) in [5.74, 6) is 5.93. The third-order valence-corrected chi connectivity index (χ3v) is 5.71. The number of amides is 1. The molecule has 1 atom stereocenters. The molecule has 5 nitrogen and oxygen atoms in total. The van der Waals surface area contributed by atoms with Crippen molar-refractivity contribution in [2.75, 3.05) is 13.1 Å². The Morgan fingerprint density at radius 2 is 1.33 bits per heavy atom. The molecule has 152 valence electrons. The van der Waals surface area contributed by atoms with Gasteiger partial charge in [-0.15, -0.1) is 0 Å². The molecule has 3 aromatic carbocycles. The summed E-state index contributed by atoms with van der Waals surface area (Å²) in [5, 5.41) is 1.30. The number of benzene rings is 3. The SMILES string of the molecule is CC(=O)N(N)C1CN=CN(C(c2ccccc2)(c2ccccc2)c2ccccc2)C1. The lowest BCUT2D eigenvalue weighted by molar-refractivity contribution is -0.131. The second-order valence-electron chi connectivity index (χ2n) is 7.52. The summed E-state index contributed by atoms with van der Waals surface area (Å²) in [6.45, 7) is 2.54. The molecule has 0 spiro atoms. The van der Waals surface area contributed by atoms with Crippen molar-refractivity contribution in [3.63, 3.8) is 0 Å². The Balaban J connectivity index is 1.95. The molecular formula is C25H26N4O. The van der Waals surface area contributed by atoms with Crippen LogP contribution in [-0.2, 0) is 10.3 Å². The highest BCUT2D eigenvalue weighted by atomic mass is 16.2. The maximum atomic E-state index is 11.9. The first-order chi connectivity index (χ1) is 14.6. The smallest absolute Gasteiger partial charge is 0.233 e. The van der Waals surface area contributed by atoms with Gasteiger partial charge in [-0.05, 0) is 16.7 Å². The minimum atomic E-state index is -0.608. The summed E-state index contributed by atoms with van der Waals surface area (Å²) < 4.78 is 0. The van der Waals surface area contributed by atoms with E-state index in [1.165, 1.54) is 11.9 Å². The Hall–Kier alpha value is -3.44. The third-order valence-electron chi connectivity index (χ3n) is 5.71.